The van der Waals surface area contributed by atoms with Crippen LogP contribution in [0.25, 0.3) is 0 Å². The SMILES string of the molecule is CC1CN(c2ccc(NC(=O)c3cccc(C(F)(F)F)c3)cc2F)CC(C)O1. The number of amides is 1. The number of anilines is 2. The van der Waals surface area contributed by atoms with E-state index in [0.717, 1.165) is 24.3 Å². The number of nitrogens with zero attached hydrogens (tertiary/aromatic N) is 1. The van der Waals surface area contributed by atoms with E-state index in [2.05, 4.69) is 5.32 Å². The van der Waals surface area contributed by atoms with Crippen LogP contribution in [0.3, 0.4) is 0 Å². The molecule has 4 nitrogen and oxygen atoms in total. The second-order valence-corrected chi connectivity index (χ2v) is 6.86. The van der Waals surface area contributed by atoms with Crippen molar-refractivity contribution in [2.75, 3.05) is 23.3 Å². The number of alkyl halides is 3. The fourth-order valence-electron chi connectivity index (χ4n) is 3.26. The molecule has 3 rings (SSSR count). The van der Waals surface area contributed by atoms with E-state index in [1.54, 1.807) is 6.07 Å². The highest BCUT2D eigenvalue weighted by Gasteiger charge is 2.31. The summed E-state index contributed by atoms with van der Waals surface area (Å²) >= 11 is 0. The number of carbonyl (C=O) groups excluding carboxylic acids is 1. The molecule has 1 fully saturated rings. The van der Waals surface area contributed by atoms with Crippen LogP contribution in [0.15, 0.2) is 42.5 Å². The predicted molar refractivity (Wildman–Crippen MR) is 98.0 cm³/mol. The van der Waals surface area contributed by atoms with E-state index in [0.29, 0.717) is 18.8 Å². The van der Waals surface area contributed by atoms with Crippen LogP contribution >= 0.6 is 0 Å². The van der Waals surface area contributed by atoms with E-state index in [1.165, 1.54) is 12.1 Å². The second-order valence-electron chi connectivity index (χ2n) is 6.86. The van der Waals surface area contributed by atoms with Gasteiger partial charge >= 0.3 is 6.18 Å². The third kappa shape index (κ3) is 4.62. The fraction of sp³-hybridized carbons (Fsp3) is 0.350. The van der Waals surface area contributed by atoms with Crippen LogP contribution in [0, 0.1) is 5.82 Å². The number of rotatable bonds is 3. The molecule has 0 spiro atoms. The van der Waals surface area contributed by atoms with Gasteiger partial charge in [0.05, 0.1) is 23.5 Å². The number of morpholine rings is 1. The maximum absolute atomic E-state index is 14.6. The van der Waals surface area contributed by atoms with Crippen LogP contribution in [-0.4, -0.2) is 31.2 Å². The minimum absolute atomic E-state index is 0.0385. The van der Waals surface area contributed by atoms with Gasteiger partial charge in [-0.3, -0.25) is 4.79 Å². The Morgan fingerprint density at radius 1 is 1.11 bits per heavy atom. The molecule has 1 amide bonds. The van der Waals surface area contributed by atoms with E-state index in [1.807, 2.05) is 18.7 Å². The molecule has 1 saturated heterocycles. The molecule has 0 saturated carbocycles. The van der Waals surface area contributed by atoms with Crippen molar-refractivity contribution < 1.29 is 27.1 Å². The van der Waals surface area contributed by atoms with Crippen molar-refractivity contribution in [3.05, 3.63) is 59.4 Å². The van der Waals surface area contributed by atoms with Gasteiger partial charge in [0.1, 0.15) is 5.82 Å². The summed E-state index contributed by atoms with van der Waals surface area (Å²) in [6.07, 6.45) is -4.62. The van der Waals surface area contributed by atoms with Crippen LogP contribution in [0.2, 0.25) is 0 Å². The lowest BCUT2D eigenvalue weighted by Crippen LogP contribution is -2.45. The Kier molecular flexibility index (Phi) is 5.60. The topological polar surface area (TPSA) is 41.6 Å². The molecular formula is C20H20F4N2O2. The molecule has 2 atom stereocenters. The Morgan fingerprint density at radius 3 is 2.39 bits per heavy atom. The van der Waals surface area contributed by atoms with Gasteiger partial charge in [-0.2, -0.15) is 13.2 Å². The van der Waals surface area contributed by atoms with Gasteiger partial charge in [-0.05, 0) is 50.2 Å². The highest BCUT2D eigenvalue weighted by molar-refractivity contribution is 6.04. The molecule has 0 bridgehead atoms. The Hall–Kier alpha value is -2.61. The zero-order valence-electron chi connectivity index (χ0n) is 15.4. The van der Waals surface area contributed by atoms with Crippen LogP contribution in [0.1, 0.15) is 29.8 Å². The molecule has 0 aliphatic carbocycles. The molecule has 0 radical (unpaired) electrons. The number of halogens is 4. The smallest absolute Gasteiger partial charge is 0.372 e. The zero-order chi connectivity index (χ0) is 20.5. The van der Waals surface area contributed by atoms with Gasteiger partial charge in [-0.25, -0.2) is 4.39 Å². The largest absolute Gasteiger partial charge is 0.416 e. The molecule has 2 aromatic carbocycles. The fourth-order valence-corrected chi connectivity index (χ4v) is 3.26. The Labute approximate surface area is 160 Å². The van der Waals surface area contributed by atoms with Crippen molar-refractivity contribution in [1.29, 1.82) is 0 Å². The molecule has 1 N–H and O–H groups in total. The molecule has 8 heteroatoms. The van der Waals surface area contributed by atoms with Crippen LogP contribution in [-0.2, 0) is 10.9 Å². The number of carbonyl (C=O) groups is 1. The minimum Gasteiger partial charge on any atom is -0.372 e. The lowest BCUT2D eigenvalue weighted by atomic mass is 10.1. The highest BCUT2D eigenvalue weighted by Crippen LogP contribution is 2.30. The quantitative estimate of drug-likeness (QED) is 0.764. The summed E-state index contributed by atoms with van der Waals surface area (Å²) in [6, 6.07) is 8.29. The van der Waals surface area contributed by atoms with E-state index in [9.17, 15) is 22.4 Å². The lowest BCUT2D eigenvalue weighted by molar-refractivity contribution is -0.137. The van der Waals surface area contributed by atoms with Crippen molar-refractivity contribution in [2.24, 2.45) is 0 Å². The van der Waals surface area contributed by atoms with E-state index in [4.69, 9.17) is 4.74 Å². The Bertz CT molecular complexity index is 860. The molecule has 1 aliphatic heterocycles. The third-order valence-corrected chi connectivity index (χ3v) is 4.42. The van der Waals surface area contributed by atoms with Crippen LogP contribution in [0.5, 0.6) is 0 Å². The van der Waals surface area contributed by atoms with Gasteiger partial charge in [-0.1, -0.05) is 6.07 Å². The first-order valence-electron chi connectivity index (χ1n) is 8.82. The molecule has 150 valence electrons. The monoisotopic (exact) mass is 396 g/mol. The molecule has 28 heavy (non-hydrogen) atoms. The summed E-state index contributed by atoms with van der Waals surface area (Å²) in [5.74, 6) is -1.27. The molecular weight excluding hydrogens is 376 g/mol. The van der Waals surface area contributed by atoms with E-state index < -0.39 is 23.5 Å². The minimum atomic E-state index is -4.55. The molecule has 0 aromatic heterocycles. The summed E-state index contributed by atoms with van der Waals surface area (Å²) in [4.78, 5) is 14.1. The van der Waals surface area contributed by atoms with Gasteiger partial charge in [-0.15, -0.1) is 0 Å². The summed E-state index contributed by atoms with van der Waals surface area (Å²) in [5.41, 5.74) is -0.524. The Balaban J connectivity index is 1.75. The lowest BCUT2D eigenvalue weighted by Gasteiger charge is -2.37. The van der Waals surface area contributed by atoms with Crippen LogP contribution < -0.4 is 10.2 Å². The maximum Gasteiger partial charge on any atom is 0.416 e. The highest BCUT2D eigenvalue weighted by atomic mass is 19.4. The second kappa shape index (κ2) is 7.79. The first-order valence-corrected chi connectivity index (χ1v) is 8.82. The van der Waals surface area contributed by atoms with Crippen molar-refractivity contribution in [3.8, 4) is 0 Å². The third-order valence-electron chi connectivity index (χ3n) is 4.42. The van der Waals surface area contributed by atoms with Crippen molar-refractivity contribution in [3.63, 3.8) is 0 Å². The summed E-state index contributed by atoms with van der Waals surface area (Å²) in [5, 5.41) is 2.44. The van der Waals surface area contributed by atoms with Crippen LogP contribution in [0.4, 0.5) is 28.9 Å². The van der Waals surface area contributed by atoms with E-state index >= 15 is 0 Å². The van der Waals surface area contributed by atoms with Crippen molar-refractivity contribution in [2.45, 2.75) is 32.2 Å². The first kappa shape index (κ1) is 20.1. The first-order chi connectivity index (χ1) is 13.1. The number of benzene rings is 2. The zero-order valence-corrected chi connectivity index (χ0v) is 15.4. The average Bonchev–Trinajstić information content (AvgIpc) is 2.60. The number of hydrogen-bond acceptors (Lipinski definition) is 3. The average molecular weight is 396 g/mol. The van der Waals surface area contributed by atoms with Crippen molar-refractivity contribution in [1.82, 2.24) is 0 Å². The summed E-state index contributed by atoms with van der Waals surface area (Å²) < 4.78 is 58.6. The number of hydrogen-bond donors (Lipinski definition) is 1. The summed E-state index contributed by atoms with van der Waals surface area (Å²) in [6.45, 7) is 4.89. The molecule has 1 heterocycles. The normalized spacial score (nSPS) is 20.1. The maximum atomic E-state index is 14.6. The van der Waals surface area contributed by atoms with Gasteiger partial charge in [0.25, 0.3) is 5.91 Å². The Morgan fingerprint density at radius 2 is 1.79 bits per heavy atom. The standard InChI is InChI=1S/C20H20F4N2O2/c1-12-10-26(11-13(2)28-12)18-7-6-16(9-17(18)21)25-19(27)14-4-3-5-15(8-14)20(22,23)24/h3-9,12-13H,10-11H2,1-2H3,(H,25,27). The molecule has 2 unspecified atom stereocenters. The molecule has 1 aliphatic rings. The summed E-state index contributed by atoms with van der Waals surface area (Å²) in [7, 11) is 0. The predicted octanol–water partition coefficient (Wildman–Crippen LogP) is 4.71. The van der Waals surface area contributed by atoms with Gasteiger partial charge in [0, 0.05) is 24.3 Å². The van der Waals surface area contributed by atoms with Gasteiger partial charge in [0.15, 0.2) is 0 Å². The molecule has 2 aromatic rings. The van der Waals surface area contributed by atoms with Gasteiger partial charge in [0.2, 0.25) is 0 Å². The number of ether oxygens (including phenoxy) is 1. The van der Waals surface area contributed by atoms with Gasteiger partial charge < -0.3 is 15.0 Å². The van der Waals surface area contributed by atoms with E-state index in [-0.39, 0.29) is 23.5 Å². The number of nitrogens with one attached hydrogen (secondary N) is 1. The van der Waals surface area contributed by atoms with Crippen molar-refractivity contribution >= 4 is 17.3 Å².